The van der Waals surface area contributed by atoms with Crippen molar-refractivity contribution >= 4 is 23.2 Å². The topological polar surface area (TPSA) is 49.9 Å². The molecule has 0 fully saturated rings. The summed E-state index contributed by atoms with van der Waals surface area (Å²) in [6.07, 6.45) is 1.59. The van der Waals surface area contributed by atoms with Crippen LogP contribution in [0.25, 0.3) is 0 Å². The molecule has 7 heteroatoms. The standard InChI is InChI=1S/C24H31FN2O3S/c1-5-17(4)27(24(29)16(2)3)14-23(28)26-12-10-22-20(11-13-31-22)21(26)15-30-19-8-6-18(25)7-9-19/h6-9,11,13,16-17,21H,5,10,12,14-15H2,1-4H3/t17-,21+/m0/s1. The third-order valence-corrected chi connectivity index (χ3v) is 6.84. The van der Waals surface area contributed by atoms with Crippen molar-refractivity contribution in [3.05, 3.63) is 52.0 Å². The highest BCUT2D eigenvalue weighted by Gasteiger charge is 2.34. The zero-order chi connectivity index (χ0) is 22.5. The summed E-state index contributed by atoms with van der Waals surface area (Å²) in [5, 5.41) is 2.04. The molecule has 0 N–H and O–H groups in total. The van der Waals surface area contributed by atoms with E-state index in [0.29, 0.717) is 12.3 Å². The lowest BCUT2D eigenvalue weighted by molar-refractivity contribution is -0.146. The predicted molar refractivity (Wildman–Crippen MR) is 121 cm³/mol. The molecule has 31 heavy (non-hydrogen) atoms. The second-order valence-corrected chi connectivity index (χ2v) is 9.30. The van der Waals surface area contributed by atoms with Crippen molar-refractivity contribution < 1.29 is 18.7 Å². The maximum absolute atomic E-state index is 13.4. The van der Waals surface area contributed by atoms with E-state index in [1.165, 1.54) is 17.0 Å². The van der Waals surface area contributed by atoms with Crippen LogP contribution < -0.4 is 4.74 Å². The number of hydrogen-bond acceptors (Lipinski definition) is 4. The summed E-state index contributed by atoms with van der Waals surface area (Å²) in [5.41, 5.74) is 1.09. The molecule has 0 bridgehead atoms. The summed E-state index contributed by atoms with van der Waals surface area (Å²) in [4.78, 5) is 30.9. The fourth-order valence-corrected chi connectivity index (χ4v) is 4.75. The average Bonchev–Trinajstić information content (AvgIpc) is 3.24. The van der Waals surface area contributed by atoms with Crippen molar-refractivity contribution in [3.63, 3.8) is 0 Å². The van der Waals surface area contributed by atoms with Gasteiger partial charge in [0.1, 0.15) is 24.7 Å². The SMILES string of the molecule is CC[C@H](C)N(CC(=O)N1CCc2sccc2[C@H]1COc1ccc(F)cc1)C(=O)C(C)C. The van der Waals surface area contributed by atoms with E-state index < -0.39 is 0 Å². The van der Waals surface area contributed by atoms with Gasteiger partial charge in [-0.3, -0.25) is 9.59 Å². The first kappa shape index (κ1) is 23.3. The maximum Gasteiger partial charge on any atom is 0.242 e. The predicted octanol–water partition coefficient (Wildman–Crippen LogP) is 4.68. The third kappa shape index (κ3) is 5.45. The van der Waals surface area contributed by atoms with Crippen LogP contribution in [0.1, 0.15) is 50.6 Å². The zero-order valence-electron chi connectivity index (χ0n) is 18.6. The fourth-order valence-electron chi connectivity index (χ4n) is 3.82. The molecule has 1 aliphatic heterocycles. The summed E-state index contributed by atoms with van der Waals surface area (Å²) in [6.45, 7) is 8.67. The molecule has 0 radical (unpaired) electrons. The minimum atomic E-state index is -0.318. The van der Waals surface area contributed by atoms with E-state index >= 15 is 0 Å². The molecule has 0 spiro atoms. The van der Waals surface area contributed by atoms with Crippen LogP contribution in [0.5, 0.6) is 5.75 Å². The molecular formula is C24H31FN2O3S. The van der Waals surface area contributed by atoms with Gasteiger partial charge in [0.2, 0.25) is 11.8 Å². The Balaban J connectivity index is 1.79. The Kier molecular flexibility index (Phi) is 7.70. The molecule has 1 aromatic carbocycles. The van der Waals surface area contributed by atoms with Gasteiger partial charge in [-0.2, -0.15) is 0 Å². The van der Waals surface area contributed by atoms with E-state index in [0.717, 1.165) is 18.4 Å². The van der Waals surface area contributed by atoms with Crippen LogP contribution >= 0.6 is 11.3 Å². The van der Waals surface area contributed by atoms with Gasteiger partial charge in [0, 0.05) is 23.4 Å². The minimum Gasteiger partial charge on any atom is -0.491 e. The summed E-state index contributed by atoms with van der Waals surface area (Å²) >= 11 is 1.69. The van der Waals surface area contributed by atoms with E-state index in [1.54, 1.807) is 28.4 Å². The van der Waals surface area contributed by atoms with Gasteiger partial charge >= 0.3 is 0 Å². The Hall–Kier alpha value is -2.41. The highest BCUT2D eigenvalue weighted by molar-refractivity contribution is 7.10. The van der Waals surface area contributed by atoms with Gasteiger partial charge in [-0.1, -0.05) is 20.8 Å². The quantitative estimate of drug-likeness (QED) is 0.592. The lowest BCUT2D eigenvalue weighted by atomic mass is 10.00. The number of halogens is 1. The molecule has 168 valence electrons. The number of carbonyl (C=O) groups is 2. The van der Waals surface area contributed by atoms with Crippen LogP contribution in [0.15, 0.2) is 35.7 Å². The number of hydrogen-bond donors (Lipinski definition) is 0. The maximum atomic E-state index is 13.4. The number of amides is 2. The Bertz CT molecular complexity index is 896. The van der Waals surface area contributed by atoms with Gasteiger partial charge in [0.15, 0.2) is 0 Å². The minimum absolute atomic E-state index is 0.00459. The van der Waals surface area contributed by atoms with Crippen molar-refractivity contribution in [2.75, 3.05) is 19.7 Å². The molecule has 3 rings (SSSR count). The smallest absolute Gasteiger partial charge is 0.242 e. The summed E-state index contributed by atoms with van der Waals surface area (Å²) in [5.74, 6) is 0.00686. The molecule has 0 unspecified atom stereocenters. The van der Waals surface area contributed by atoms with E-state index in [4.69, 9.17) is 4.74 Å². The largest absolute Gasteiger partial charge is 0.491 e. The molecular weight excluding hydrogens is 415 g/mol. The lowest BCUT2D eigenvalue weighted by Crippen LogP contribution is -2.50. The normalized spacial score (nSPS) is 16.7. The van der Waals surface area contributed by atoms with Crippen LogP contribution in [0, 0.1) is 11.7 Å². The Morgan fingerprint density at radius 3 is 2.58 bits per heavy atom. The van der Waals surface area contributed by atoms with Gasteiger partial charge in [0.25, 0.3) is 0 Å². The molecule has 1 aliphatic rings. The van der Waals surface area contributed by atoms with Crippen LogP contribution in [-0.4, -0.2) is 47.4 Å². The first-order valence-electron chi connectivity index (χ1n) is 10.9. The Morgan fingerprint density at radius 1 is 1.23 bits per heavy atom. The van der Waals surface area contributed by atoms with Gasteiger partial charge < -0.3 is 14.5 Å². The monoisotopic (exact) mass is 446 g/mol. The fraction of sp³-hybridized carbons (Fsp3) is 0.500. The Morgan fingerprint density at radius 2 is 1.94 bits per heavy atom. The molecule has 5 nitrogen and oxygen atoms in total. The first-order valence-corrected chi connectivity index (χ1v) is 11.7. The van der Waals surface area contributed by atoms with E-state index in [2.05, 4.69) is 0 Å². The van der Waals surface area contributed by atoms with E-state index in [1.807, 2.05) is 44.0 Å². The highest BCUT2D eigenvalue weighted by Crippen LogP contribution is 2.34. The molecule has 0 aliphatic carbocycles. The number of thiophene rings is 1. The van der Waals surface area contributed by atoms with Crippen LogP contribution in [0.4, 0.5) is 4.39 Å². The molecule has 0 saturated heterocycles. The van der Waals surface area contributed by atoms with Gasteiger partial charge in [-0.25, -0.2) is 4.39 Å². The number of nitrogens with zero attached hydrogens (tertiary/aromatic N) is 2. The highest BCUT2D eigenvalue weighted by atomic mass is 32.1. The van der Waals surface area contributed by atoms with Crippen LogP contribution in [0.2, 0.25) is 0 Å². The van der Waals surface area contributed by atoms with Gasteiger partial charge in [0.05, 0.1) is 6.04 Å². The number of benzene rings is 1. The second kappa shape index (κ2) is 10.3. The Labute approximate surface area is 187 Å². The summed E-state index contributed by atoms with van der Waals surface area (Å²) in [6, 6.07) is 7.70. The van der Waals surface area contributed by atoms with Gasteiger partial charge in [-0.15, -0.1) is 11.3 Å². The average molecular weight is 447 g/mol. The van der Waals surface area contributed by atoms with Crippen molar-refractivity contribution in [3.8, 4) is 5.75 Å². The molecule has 0 saturated carbocycles. The van der Waals surface area contributed by atoms with Crippen LogP contribution in [0.3, 0.4) is 0 Å². The molecule has 1 aromatic heterocycles. The second-order valence-electron chi connectivity index (χ2n) is 8.30. The zero-order valence-corrected chi connectivity index (χ0v) is 19.5. The van der Waals surface area contributed by atoms with Crippen molar-refractivity contribution in [1.82, 2.24) is 9.80 Å². The third-order valence-electron chi connectivity index (χ3n) is 5.84. The first-order chi connectivity index (χ1) is 14.8. The number of carbonyl (C=O) groups excluding carboxylic acids is 2. The molecule has 2 atom stereocenters. The summed E-state index contributed by atoms with van der Waals surface area (Å²) < 4.78 is 19.1. The van der Waals surface area contributed by atoms with Crippen LogP contribution in [-0.2, 0) is 16.0 Å². The van der Waals surface area contributed by atoms with E-state index in [9.17, 15) is 14.0 Å². The van der Waals surface area contributed by atoms with Crippen molar-refractivity contribution in [2.45, 2.75) is 52.6 Å². The molecule has 2 aromatic rings. The van der Waals surface area contributed by atoms with Crippen molar-refractivity contribution in [2.24, 2.45) is 5.92 Å². The number of rotatable bonds is 8. The van der Waals surface area contributed by atoms with E-state index in [-0.39, 0.29) is 48.8 Å². The summed E-state index contributed by atoms with van der Waals surface area (Å²) in [7, 11) is 0. The lowest BCUT2D eigenvalue weighted by Gasteiger charge is -2.38. The number of ether oxygens (including phenoxy) is 1. The molecule has 2 amide bonds. The van der Waals surface area contributed by atoms with Gasteiger partial charge in [-0.05, 0) is 61.0 Å². The van der Waals surface area contributed by atoms with Crippen molar-refractivity contribution in [1.29, 1.82) is 0 Å². The number of fused-ring (bicyclic) bond motifs is 1. The molecule has 2 heterocycles.